The number of carbonyl (C=O) groups excluding carboxylic acids is 1. The fourth-order valence-corrected chi connectivity index (χ4v) is 4.93. The smallest absolute Gasteiger partial charge is 0.152 e. The summed E-state index contributed by atoms with van der Waals surface area (Å²) in [5.74, 6) is 0.769. The van der Waals surface area contributed by atoms with Gasteiger partial charge in [0, 0.05) is 52.6 Å². The Bertz CT molecular complexity index is 1610. The first-order chi connectivity index (χ1) is 16.9. The van der Waals surface area contributed by atoms with Crippen molar-refractivity contribution in [2.24, 2.45) is 7.05 Å². The van der Waals surface area contributed by atoms with Gasteiger partial charge in [0.15, 0.2) is 6.29 Å². The highest BCUT2D eigenvalue weighted by atomic mass is 35.5. The van der Waals surface area contributed by atoms with Crippen LogP contribution in [0.15, 0.2) is 67.0 Å². The van der Waals surface area contributed by atoms with Gasteiger partial charge in [0.1, 0.15) is 11.4 Å². The van der Waals surface area contributed by atoms with E-state index < -0.39 is 0 Å². The van der Waals surface area contributed by atoms with Gasteiger partial charge in [-0.1, -0.05) is 53.5 Å². The molecule has 5 rings (SSSR count). The molecule has 5 nitrogen and oxygen atoms in total. The average Bonchev–Trinajstić information content (AvgIpc) is 3.20. The minimum absolute atomic E-state index is 0.499. The second-order valence-corrected chi connectivity index (χ2v) is 9.01. The van der Waals surface area contributed by atoms with Crippen molar-refractivity contribution in [1.29, 1.82) is 0 Å². The molecule has 3 aromatic heterocycles. The number of carbonyl (C=O) groups is 1. The number of fused-ring (bicyclic) bond motifs is 1. The van der Waals surface area contributed by atoms with Crippen LogP contribution in [0.2, 0.25) is 10.0 Å². The number of nitrogens with zero attached hydrogens (tertiary/aromatic N) is 3. The molecule has 2 aromatic carbocycles. The number of rotatable bonds is 5. The Morgan fingerprint density at radius 3 is 2.51 bits per heavy atom. The van der Waals surface area contributed by atoms with Crippen LogP contribution in [-0.2, 0) is 7.05 Å². The molecule has 0 atom stereocenters. The molecule has 5 aromatic rings. The largest absolute Gasteiger partial charge is 0.496 e. The van der Waals surface area contributed by atoms with Gasteiger partial charge in [0.05, 0.1) is 28.5 Å². The van der Waals surface area contributed by atoms with E-state index in [-0.39, 0.29) is 0 Å². The Labute approximate surface area is 212 Å². The highest BCUT2D eigenvalue weighted by Gasteiger charge is 2.18. The molecule has 0 unspecified atom stereocenters. The van der Waals surface area contributed by atoms with Crippen LogP contribution in [0.1, 0.15) is 15.9 Å². The highest BCUT2D eigenvalue weighted by Crippen LogP contribution is 2.42. The van der Waals surface area contributed by atoms with Gasteiger partial charge < -0.3 is 9.30 Å². The van der Waals surface area contributed by atoms with E-state index in [0.29, 0.717) is 32.6 Å². The number of halogens is 2. The highest BCUT2D eigenvalue weighted by molar-refractivity contribution is 6.39. The van der Waals surface area contributed by atoms with Crippen molar-refractivity contribution in [1.82, 2.24) is 14.5 Å². The summed E-state index contributed by atoms with van der Waals surface area (Å²) in [4.78, 5) is 20.7. The van der Waals surface area contributed by atoms with Gasteiger partial charge in [-0.2, -0.15) is 0 Å². The lowest BCUT2D eigenvalue weighted by molar-refractivity contribution is 0.112. The van der Waals surface area contributed by atoms with Crippen LogP contribution >= 0.6 is 23.2 Å². The van der Waals surface area contributed by atoms with Crippen LogP contribution in [-0.4, -0.2) is 27.9 Å². The number of aromatic nitrogens is 3. The van der Waals surface area contributed by atoms with E-state index in [2.05, 4.69) is 4.98 Å². The summed E-state index contributed by atoms with van der Waals surface area (Å²) in [7, 11) is 3.51. The molecule has 0 spiro atoms. The van der Waals surface area contributed by atoms with E-state index >= 15 is 0 Å². The summed E-state index contributed by atoms with van der Waals surface area (Å²) in [6.07, 6.45) is 4.33. The molecular weight excluding hydrogens is 481 g/mol. The first kappa shape index (κ1) is 23.1. The number of benzene rings is 2. The molecule has 0 saturated carbocycles. The van der Waals surface area contributed by atoms with Crippen molar-refractivity contribution in [3.8, 4) is 39.4 Å². The van der Waals surface area contributed by atoms with Crippen molar-refractivity contribution in [3.63, 3.8) is 0 Å². The molecule has 0 bridgehead atoms. The maximum atomic E-state index is 11.4. The third-order valence-electron chi connectivity index (χ3n) is 6.12. The van der Waals surface area contributed by atoms with Crippen molar-refractivity contribution in [2.45, 2.75) is 6.92 Å². The molecule has 3 heterocycles. The van der Waals surface area contributed by atoms with E-state index in [4.69, 9.17) is 32.9 Å². The van der Waals surface area contributed by atoms with Gasteiger partial charge in [0.25, 0.3) is 0 Å². The van der Waals surface area contributed by atoms with Gasteiger partial charge in [-0.05, 0) is 36.8 Å². The summed E-state index contributed by atoms with van der Waals surface area (Å²) in [5.41, 5.74) is 6.87. The summed E-state index contributed by atoms with van der Waals surface area (Å²) < 4.78 is 7.31. The topological polar surface area (TPSA) is 57.0 Å². The number of methoxy groups -OCH3 is 1. The fraction of sp³-hybridized carbons (Fsp3) is 0.107. The van der Waals surface area contributed by atoms with Crippen molar-refractivity contribution < 1.29 is 9.53 Å². The summed E-state index contributed by atoms with van der Waals surface area (Å²) in [6, 6.07) is 17.3. The van der Waals surface area contributed by atoms with Gasteiger partial charge in [-0.25, -0.2) is 4.98 Å². The molecule has 0 aliphatic rings. The molecule has 35 heavy (non-hydrogen) atoms. The molecule has 0 saturated heterocycles. The van der Waals surface area contributed by atoms with Gasteiger partial charge in [-0.3, -0.25) is 9.78 Å². The first-order valence-corrected chi connectivity index (χ1v) is 11.7. The lowest BCUT2D eigenvalue weighted by Crippen LogP contribution is -1.94. The van der Waals surface area contributed by atoms with E-state index in [1.807, 2.05) is 73.1 Å². The quantitative estimate of drug-likeness (QED) is 0.235. The fourth-order valence-electron chi connectivity index (χ4n) is 4.28. The standard InChI is InChI=1S/C28H21Cl2N3O2/c1-16-7-8-17(13-24(16)35-3)27-26(30)21(11-12-31-27)20-5-4-6-22(25(20)29)23-10-9-19-18(15-34)14-33(2)28(19)32-23/h4-15H,1-3H3. The normalized spacial score (nSPS) is 11.1. The molecular formula is C28H21Cl2N3O2. The van der Waals surface area contributed by atoms with Crippen LogP contribution in [0.5, 0.6) is 5.75 Å². The van der Waals surface area contributed by atoms with E-state index in [9.17, 15) is 4.79 Å². The van der Waals surface area contributed by atoms with Crippen molar-refractivity contribution in [2.75, 3.05) is 7.11 Å². The molecule has 0 aliphatic carbocycles. The Kier molecular flexibility index (Phi) is 6.05. The summed E-state index contributed by atoms with van der Waals surface area (Å²) >= 11 is 13.8. The molecule has 7 heteroatoms. The van der Waals surface area contributed by atoms with Crippen LogP contribution in [0.25, 0.3) is 44.7 Å². The predicted octanol–water partition coefficient (Wildman–Crippen LogP) is 7.41. The SMILES string of the molecule is COc1cc(-c2nccc(-c3cccc(-c4ccc5c(C=O)cn(C)c5n4)c3Cl)c2Cl)ccc1C. The van der Waals surface area contributed by atoms with Gasteiger partial charge >= 0.3 is 0 Å². The maximum Gasteiger partial charge on any atom is 0.152 e. The Morgan fingerprint density at radius 1 is 0.971 bits per heavy atom. The molecule has 0 aliphatic heterocycles. The third-order valence-corrected chi connectivity index (χ3v) is 6.91. The number of hydrogen-bond acceptors (Lipinski definition) is 4. The van der Waals surface area contributed by atoms with E-state index in [0.717, 1.165) is 45.2 Å². The van der Waals surface area contributed by atoms with Gasteiger partial charge in [-0.15, -0.1) is 0 Å². The monoisotopic (exact) mass is 501 g/mol. The molecule has 0 fully saturated rings. The van der Waals surface area contributed by atoms with Crippen LogP contribution < -0.4 is 4.74 Å². The van der Waals surface area contributed by atoms with Gasteiger partial charge in [0.2, 0.25) is 0 Å². The summed E-state index contributed by atoms with van der Waals surface area (Å²) in [5, 5.41) is 1.83. The number of ether oxygens (including phenoxy) is 1. The Morgan fingerprint density at radius 2 is 1.74 bits per heavy atom. The molecule has 0 amide bonds. The summed E-state index contributed by atoms with van der Waals surface area (Å²) in [6.45, 7) is 1.99. The number of hydrogen-bond donors (Lipinski definition) is 0. The molecule has 174 valence electrons. The zero-order chi connectivity index (χ0) is 24.7. The second kappa shape index (κ2) is 9.17. The van der Waals surface area contributed by atoms with Crippen LogP contribution in [0.3, 0.4) is 0 Å². The van der Waals surface area contributed by atoms with Crippen LogP contribution in [0, 0.1) is 6.92 Å². The average molecular weight is 502 g/mol. The van der Waals surface area contributed by atoms with Crippen molar-refractivity contribution >= 4 is 40.5 Å². The molecule has 0 radical (unpaired) electrons. The minimum Gasteiger partial charge on any atom is -0.496 e. The van der Waals surface area contributed by atoms with E-state index in [1.165, 1.54) is 0 Å². The number of pyridine rings is 2. The zero-order valence-electron chi connectivity index (χ0n) is 19.3. The first-order valence-electron chi connectivity index (χ1n) is 10.9. The molecule has 0 N–H and O–H groups in total. The number of aldehydes is 1. The lowest BCUT2D eigenvalue weighted by atomic mass is 9.99. The predicted molar refractivity (Wildman–Crippen MR) is 142 cm³/mol. The Hall–Kier alpha value is -3.67. The lowest BCUT2D eigenvalue weighted by Gasteiger charge is -2.14. The second-order valence-electron chi connectivity index (χ2n) is 8.25. The maximum absolute atomic E-state index is 11.4. The number of aryl methyl sites for hydroxylation is 2. The van der Waals surface area contributed by atoms with E-state index in [1.54, 1.807) is 19.5 Å². The third kappa shape index (κ3) is 3.97. The zero-order valence-corrected chi connectivity index (χ0v) is 20.9. The van der Waals surface area contributed by atoms with Crippen molar-refractivity contribution in [3.05, 3.63) is 88.2 Å². The minimum atomic E-state index is 0.499. The Balaban J connectivity index is 1.63. The van der Waals surface area contributed by atoms with Crippen LogP contribution in [0.4, 0.5) is 0 Å².